The maximum atomic E-state index is 11.3. The Morgan fingerprint density at radius 3 is 2.79 bits per heavy atom. The first-order valence-corrected chi connectivity index (χ1v) is 5.37. The Bertz CT molecular complexity index is 324. The molecule has 0 saturated heterocycles. The number of rotatable bonds is 3. The van der Waals surface area contributed by atoms with Crippen molar-refractivity contribution in [3.8, 4) is 0 Å². The zero-order valence-electron chi connectivity index (χ0n) is 8.03. The van der Waals surface area contributed by atoms with Crippen LogP contribution in [0.2, 0.25) is 4.34 Å². The van der Waals surface area contributed by atoms with E-state index in [-0.39, 0.29) is 5.91 Å². The lowest BCUT2D eigenvalue weighted by atomic mass is 10.3. The molecule has 1 atom stereocenters. The van der Waals surface area contributed by atoms with Gasteiger partial charge in [0.2, 0.25) is 0 Å². The number of likely N-dealkylation sites (N-methyl/N-ethyl adjacent to an activating group) is 1. The number of hydrogen-bond acceptors (Lipinski definition) is 3. The highest BCUT2D eigenvalue weighted by molar-refractivity contribution is 7.16. The molecule has 0 saturated carbocycles. The molecule has 0 aliphatic carbocycles. The van der Waals surface area contributed by atoms with Crippen molar-refractivity contribution in [2.24, 2.45) is 0 Å². The summed E-state index contributed by atoms with van der Waals surface area (Å²) in [6.07, 6.45) is -0.949. The highest BCUT2D eigenvalue weighted by Crippen LogP contribution is 2.22. The van der Waals surface area contributed by atoms with Crippen LogP contribution in [-0.2, 0) is 11.3 Å². The molecule has 14 heavy (non-hydrogen) atoms. The predicted molar refractivity (Wildman–Crippen MR) is 57.5 cm³/mol. The van der Waals surface area contributed by atoms with Gasteiger partial charge < -0.3 is 10.0 Å². The molecule has 3 nitrogen and oxygen atoms in total. The third kappa shape index (κ3) is 2.97. The molecule has 1 amide bonds. The molecule has 0 spiro atoms. The molecule has 1 unspecified atom stereocenters. The summed E-state index contributed by atoms with van der Waals surface area (Å²) in [5, 5.41) is 9.06. The van der Waals surface area contributed by atoms with Gasteiger partial charge in [0.25, 0.3) is 5.91 Å². The summed E-state index contributed by atoms with van der Waals surface area (Å²) in [6, 6.07) is 3.67. The van der Waals surface area contributed by atoms with Crippen LogP contribution in [0.3, 0.4) is 0 Å². The summed E-state index contributed by atoms with van der Waals surface area (Å²) in [5.74, 6) is -0.283. The van der Waals surface area contributed by atoms with Crippen LogP contribution in [0, 0.1) is 0 Å². The second kappa shape index (κ2) is 4.77. The van der Waals surface area contributed by atoms with Crippen LogP contribution in [0.5, 0.6) is 0 Å². The Morgan fingerprint density at radius 2 is 2.36 bits per heavy atom. The largest absolute Gasteiger partial charge is 0.384 e. The smallest absolute Gasteiger partial charge is 0.251 e. The van der Waals surface area contributed by atoms with Crippen LogP contribution in [0.25, 0.3) is 0 Å². The van der Waals surface area contributed by atoms with Gasteiger partial charge in [-0.25, -0.2) is 0 Å². The first-order valence-electron chi connectivity index (χ1n) is 4.18. The monoisotopic (exact) mass is 233 g/mol. The fraction of sp³-hybridized carbons (Fsp3) is 0.444. The molecule has 1 aromatic rings. The van der Waals surface area contributed by atoms with E-state index in [1.165, 1.54) is 23.2 Å². The number of halogens is 1. The van der Waals surface area contributed by atoms with E-state index in [9.17, 15) is 4.79 Å². The number of carbonyl (C=O) groups is 1. The van der Waals surface area contributed by atoms with Crippen LogP contribution in [0.15, 0.2) is 12.1 Å². The predicted octanol–water partition coefficient (Wildman–Crippen LogP) is 1.74. The summed E-state index contributed by atoms with van der Waals surface area (Å²) >= 11 is 7.19. The van der Waals surface area contributed by atoms with Crippen molar-refractivity contribution in [2.45, 2.75) is 19.6 Å². The highest BCUT2D eigenvalue weighted by atomic mass is 35.5. The lowest BCUT2D eigenvalue weighted by molar-refractivity contribution is -0.138. The molecule has 1 aromatic heterocycles. The fourth-order valence-corrected chi connectivity index (χ4v) is 2.21. The fourth-order valence-electron chi connectivity index (χ4n) is 1.07. The summed E-state index contributed by atoms with van der Waals surface area (Å²) < 4.78 is 0.706. The lowest BCUT2D eigenvalue weighted by Gasteiger charge is -2.17. The standard InChI is InChI=1S/C9H12ClNO2S/c1-6(12)9(13)11(2)5-7-3-4-8(10)14-7/h3-4,6,12H,5H2,1-2H3. The van der Waals surface area contributed by atoms with E-state index in [2.05, 4.69) is 0 Å². The van der Waals surface area contributed by atoms with Crippen LogP contribution in [0.4, 0.5) is 0 Å². The van der Waals surface area contributed by atoms with E-state index in [1.807, 2.05) is 6.07 Å². The number of hydrogen-bond donors (Lipinski definition) is 1. The Hall–Kier alpha value is -0.580. The SMILES string of the molecule is CC(O)C(=O)N(C)Cc1ccc(Cl)s1. The van der Waals surface area contributed by atoms with E-state index >= 15 is 0 Å². The van der Waals surface area contributed by atoms with Crippen LogP contribution in [-0.4, -0.2) is 29.1 Å². The number of amides is 1. The second-order valence-corrected chi connectivity index (χ2v) is 4.88. The van der Waals surface area contributed by atoms with Gasteiger partial charge in [0.15, 0.2) is 0 Å². The Morgan fingerprint density at radius 1 is 1.71 bits per heavy atom. The number of aliphatic hydroxyl groups is 1. The maximum Gasteiger partial charge on any atom is 0.251 e. The number of nitrogens with zero attached hydrogens (tertiary/aromatic N) is 1. The van der Waals surface area contributed by atoms with Crippen molar-refractivity contribution in [3.63, 3.8) is 0 Å². The van der Waals surface area contributed by atoms with Gasteiger partial charge in [-0.05, 0) is 19.1 Å². The van der Waals surface area contributed by atoms with Gasteiger partial charge in [0.1, 0.15) is 6.10 Å². The minimum absolute atomic E-state index is 0.283. The van der Waals surface area contributed by atoms with Crippen molar-refractivity contribution in [3.05, 3.63) is 21.3 Å². The van der Waals surface area contributed by atoms with Crippen molar-refractivity contribution in [1.82, 2.24) is 4.90 Å². The molecular formula is C9H12ClNO2S. The lowest BCUT2D eigenvalue weighted by Crippen LogP contribution is -2.33. The van der Waals surface area contributed by atoms with Gasteiger partial charge in [-0.15, -0.1) is 11.3 Å². The number of thiophene rings is 1. The van der Waals surface area contributed by atoms with Crippen molar-refractivity contribution >= 4 is 28.8 Å². The zero-order valence-corrected chi connectivity index (χ0v) is 9.60. The number of aliphatic hydroxyl groups excluding tert-OH is 1. The minimum Gasteiger partial charge on any atom is -0.384 e. The average molecular weight is 234 g/mol. The van der Waals surface area contributed by atoms with Crippen molar-refractivity contribution in [1.29, 1.82) is 0 Å². The van der Waals surface area contributed by atoms with Gasteiger partial charge in [-0.3, -0.25) is 4.79 Å². The zero-order chi connectivity index (χ0) is 10.7. The third-order valence-corrected chi connectivity index (χ3v) is 2.97. The quantitative estimate of drug-likeness (QED) is 0.864. The van der Waals surface area contributed by atoms with Gasteiger partial charge in [-0.2, -0.15) is 0 Å². The van der Waals surface area contributed by atoms with Gasteiger partial charge in [-0.1, -0.05) is 11.6 Å². The molecule has 5 heteroatoms. The van der Waals surface area contributed by atoms with Crippen LogP contribution in [0.1, 0.15) is 11.8 Å². The molecule has 0 aliphatic rings. The summed E-state index contributed by atoms with van der Waals surface area (Å²) in [7, 11) is 1.66. The van der Waals surface area contributed by atoms with Gasteiger partial charge in [0, 0.05) is 11.9 Å². The van der Waals surface area contributed by atoms with E-state index in [1.54, 1.807) is 13.1 Å². The molecule has 1 rings (SSSR count). The molecule has 0 aromatic carbocycles. The number of carbonyl (C=O) groups excluding carboxylic acids is 1. The van der Waals surface area contributed by atoms with E-state index < -0.39 is 6.10 Å². The third-order valence-electron chi connectivity index (χ3n) is 1.76. The van der Waals surface area contributed by atoms with Crippen LogP contribution >= 0.6 is 22.9 Å². The molecule has 1 heterocycles. The average Bonchev–Trinajstić information content (AvgIpc) is 2.49. The normalized spacial score (nSPS) is 12.6. The molecular weight excluding hydrogens is 222 g/mol. The van der Waals surface area contributed by atoms with E-state index in [4.69, 9.17) is 16.7 Å². The highest BCUT2D eigenvalue weighted by Gasteiger charge is 2.15. The maximum absolute atomic E-state index is 11.3. The van der Waals surface area contributed by atoms with E-state index in [0.29, 0.717) is 10.9 Å². The first-order chi connectivity index (χ1) is 6.50. The Labute approximate surface area is 91.9 Å². The van der Waals surface area contributed by atoms with Crippen molar-refractivity contribution in [2.75, 3.05) is 7.05 Å². The van der Waals surface area contributed by atoms with Gasteiger partial charge in [0.05, 0.1) is 10.9 Å². The Kier molecular flexibility index (Phi) is 3.92. The van der Waals surface area contributed by atoms with Gasteiger partial charge >= 0.3 is 0 Å². The molecule has 0 radical (unpaired) electrons. The molecule has 0 bridgehead atoms. The summed E-state index contributed by atoms with van der Waals surface area (Å²) in [5.41, 5.74) is 0. The summed E-state index contributed by atoms with van der Waals surface area (Å²) in [6.45, 7) is 1.95. The minimum atomic E-state index is -0.949. The second-order valence-electron chi connectivity index (χ2n) is 3.08. The molecule has 0 fully saturated rings. The van der Waals surface area contributed by atoms with Crippen molar-refractivity contribution < 1.29 is 9.90 Å². The van der Waals surface area contributed by atoms with Crippen LogP contribution < -0.4 is 0 Å². The topological polar surface area (TPSA) is 40.5 Å². The molecule has 1 N–H and O–H groups in total. The summed E-state index contributed by atoms with van der Waals surface area (Å²) in [4.78, 5) is 13.8. The molecule has 0 aliphatic heterocycles. The Balaban J connectivity index is 2.57. The first kappa shape index (κ1) is 11.5. The van der Waals surface area contributed by atoms with E-state index in [0.717, 1.165) is 4.88 Å². The molecule has 78 valence electrons.